The first kappa shape index (κ1) is 22.5. The number of ether oxygens (including phenoxy) is 1. The number of pyridine rings is 1. The highest BCUT2D eigenvalue weighted by Gasteiger charge is 2.32. The molecule has 3 heterocycles. The molecule has 3 N–H and O–H groups in total. The molecular weight excluding hydrogens is 444 g/mol. The number of likely N-dealkylation sites (tertiary alicyclic amines) is 1. The maximum absolute atomic E-state index is 13.9. The van der Waals surface area contributed by atoms with Gasteiger partial charge in [-0.05, 0) is 42.7 Å². The predicted octanol–water partition coefficient (Wildman–Crippen LogP) is 3.83. The van der Waals surface area contributed by atoms with Gasteiger partial charge >= 0.3 is 6.36 Å². The fourth-order valence-electron chi connectivity index (χ4n) is 3.65. The molecule has 2 aromatic heterocycles. The van der Waals surface area contributed by atoms with E-state index in [2.05, 4.69) is 19.9 Å². The summed E-state index contributed by atoms with van der Waals surface area (Å²) in [7, 11) is 0. The summed E-state index contributed by atoms with van der Waals surface area (Å²) in [6, 6.07) is 6.70. The zero-order chi connectivity index (χ0) is 23.6. The minimum Gasteiger partial charge on any atom is -0.403 e. The van der Waals surface area contributed by atoms with E-state index in [0.717, 1.165) is 31.5 Å². The summed E-state index contributed by atoms with van der Waals surface area (Å²) in [6.07, 6.45) is -1.49. The number of nitrogens with one attached hydrogen (secondary N) is 1. The van der Waals surface area contributed by atoms with Gasteiger partial charge in [0.05, 0.1) is 5.92 Å². The third-order valence-electron chi connectivity index (χ3n) is 5.24. The number of aromatic nitrogens is 3. The smallest absolute Gasteiger partial charge is 0.403 e. The monoisotopic (exact) mass is 464 g/mol. The van der Waals surface area contributed by atoms with Gasteiger partial charge in [0.15, 0.2) is 17.5 Å². The number of halogens is 4. The molecule has 0 aliphatic carbocycles. The van der Waals surface area contributed by atoms with Crippen LogP contribution < -0.4 is 10.5 Å². The molecule has 1 aliphatic rings. The van der Waals surface area contributed by atoms with Crippen molar-refractivity contribution in [3.63, 3.8) is 0 Å². The number of nitrogens with zero attached hydrogens (tertiary/aromatic N) is 4. The lowest BCUT2D eigenvalue weighted by atomic mass is 9.98. The first-order chi connectivity index (χ1) is 15.7. The van der Waals surface area contributed by atoms with Crippen LogP contribution in [-0.2, 0) is 6.42 Å². The van der Waals surface area contributed by atoms with E-state index in [-0.39, 0.29) is 18.3 Å². The number of nitrogens with two attached hydrogens (primary N) is 1. The quantitative estimate of drug-likeness (QED) is 0.335. The second-order valence-corrected chi connectivity index (χ2v) is 7.65. The fraction of sp³-hybridized carbons (Fsp3) is 0.333. The number of benzene rings is 1. The van der Waals surface area contributed by atoms with Gasteiger partial charge in [-0.1, -0.05) is 11.2 Å². The lowest BCUT2D eigenvalue weighted by Crippen LogP contribution is -2.42. The highest BCUT2D eigenvalue weighted by atomic mass is 19.4. The molecule has 12 heteroatoms. The molecule has 0 bridgehead atoms. The molecule has 0 spiro atoms. The maximum atomic E-state index is 13.9. The summed E-state index contributed by atoms with van der Waals surface area (Å²) in [5.74, 6) is -1.16. The van der Waals surface area contributed by atoms with Gasteiger partial charge in [-0.15, -0.1) is 13.2 Å². The molecule has 3 aromatic rings. The second kappa shape index (κ2) is 9.04. The van der Waals surface area contributed by atoms with Crippen molar-refractivity contribution in [1.29, 1.82) is 5.41 Å². The van der Waals surface area contributed by atoms with Crippen molar-refractivity contribution in [2.24, 2.45) is 5.73 Å². The Morgan fingerprint density at radius 3 is 2.76 bits per heavy atom. The second-order valence-electron chi connectivity index (χ2n) is 7.65. The Labute approximate surface area is 185 Å². The van der Waals surface area contributed by atoms with Gasteiger partial charge in [0, 0.05) is 37.0 Å². The van der Waals surface area contributed by atoms with Crippen LogP contribution >= 0.6 is 0 Å². The van der Waals surface area contributed by atoms with Crippen LogP contribution in [0.15, 0.2) is 41.1 Å². The third-order valence-corrected chi connectivity index (χ3v) is 5.24. The number of hydrogen-bond donors (Lipinski definition) is 2. The van der Waals surface area contributed by atoms with Gasteiger partial charge in [-0.3, -0.25) is 10.4 Å². The predicted molar refractivity (Wildman–Crippen MR) is 109 cm³/mol. The van der Waals surface area contributed by atoms with Crippen molar-refractivity contribution < 1.29 is 26.8 Å². The number of hydrogen-bond acceptors (Lipinski definition) is 6. The van der Waals surface area contributed by atoms with E-state index < -0.39 is 17.9 Å². The number of rotatable bonds is 5. The van der Waals surface area contributed by atoms with Crippen LogP contribution in [0.1, 0.15) is 35.9 Å². The zero-order valence-electron chi connectivity index (χ0n) is 17.3. The first-order valence-corrected chi connectivity index (χ1v) is 10.1. The van der Waals surface area contributed by atoms with Crippen LogP contribution in [0, 0.1) is 11.2 Å². The lowest BCUT2D eigenvalue weighted by Gasteiger charge is -2.30. The molecule has 8 nitrogen and oxygen atoms in total. The maximum Gasteiger partial charge on any atom is 0.573 e. The molecule has 4 rings (SSSR count). The normalized spacial score (nSPS) is 16.6. The summed E-state index contributed by atoms with van der Waals surface area (Å²) in [5, 5.41) is 11.6. The molecule has 33 heavy (non-hydrogen) atoms. The molecule has 0 amide bonds. The largest absolute Gasteiger partial charge is 0.573 e. The van der Waals surface area contributed by atoms with Crippen LogP contribution in [0.3, 0.4) is 0 Å². The molecular formula is C21H20F4N6O2. The first-order valence-electron chi connectivity index (χ1n) is 10.1. The van der Waals surface area contributed by atoms with Gasteiger partial charge in [0.25, 0.3) is 0 Å². The van der Waals surface area contributed by atoms with Gasteiger partial charge in [0.2, 0.25) is 11.7 Å². The van der Waals surface area contributed by atoms with E-state index in [1.807, 2.05) is 0 Å². The van der Waals surface area contributed by atoms with Crippen molar-refractivity contribution in [2.45, 2.75) is 31.5 Å². The molecule has 1 fully saturated rings. The van der Waals surface area contributed by atoms with Crippen molar-refractivity contribution in [3.05, 3.63) is 59.5 Å². The topological polar surface area (TPSA) is 114 Å². The minimum atomic E-state index is -4.96. The molecule has 1 atom stereocenters. The van der Waals surface area contributed by atoms with Gasteiger partial charge in [0.1, 0.15) is 0 Å². The molecule has 1 saturated heterocycles. The van der Waals surface area contributed by atoms with Crippen LogP contribution in [0.4, 0.5) is 17.6 Å². The lowest BCUT2D eigenvalue weighted by molar-refractivity contribution is -0.275. The van der Waals surface area contributed by atoms with E-state index in [1.54, 1.807) is 23.2 Å². The van der Waals surface area contributed by atoms with Crippen LogP contribution in [-0.4, -0.2) is 45.4 Å². The Morgan fingerprint density at radius 1 is 1.27 bits per heavy atom. The summed E-state index contributed by atoms with van der Waals surface area (Å²) in [5.41, 5.74) is 7.21. The van der Waals surface area contributed by atoms with Crippen molar-refractivity contribution in [1.82, 2.24) is 20.0 Å². The zero-order valence-corrected chi connectivity index (χ0v) is 17.3. The summed E-state index contributed by atoms with van der Waals surface area (Å²) in [6.45, 7) is 1.26. The Hall–Kier alpha value is -3.70. The summed E-state index contributed by atoms with van der Waals surface area (Å²) < 4.78 is 59.8. The van der Waals surface area contributed by atoms with Crippen LogP contribution in [0.2, 0.25) is 0 Å². The van der Waals surface area contributed by atoms with Crippen molar-refractivity contribution in [3.8, 4) is 17.1 Å². The van der Waals surface area contributed by atoms with Gasteiger partial charge < -0.3 is 19.9 Å². The molecule has 0 saturated carbocycles. The Kier molecular flexibility index (Phi) is 6.16. The Balaban J connectivity index is 1.42. The van der Waals surface area contributed by atoms with E-state index in [0.29, 0.717) is 35.1 Å². The Bertz CT molecular complexity index is 1130. The van der Waals surface area contributed by atoms with E-state index in [4.69, 9.17) is 15.7 Å². The Morgan fingerprint density at radius 2 is 2.09 bits per heavy atom. The highest BCUT2D eigenvalue weighted by molar-refractivity contribution is 5.74. The van der Waals surface area contributed by atoms with Gasteiger partial charge in [-0.2, -0.15) is 4.98 Å². The molecule has 1 aromatic carbocycles. The highest BCUT2D eigenvalue weighted by Crippen LogP contribution is 2.28. The third kappa shape index (κ3) is 5.57. The van der Waals surface area contributed by atoms with E-state index >= 15 is 0 Å². The van der Waals surface area contributed by atoms with Crippen molar-refractivity contribution >= 4 is 5.96 Å². The molecule has 1 aliphatic heterocycles. The fourth-order valence-corrected chi connectivity index (χ4v) is 3.65. The number of piperidine rings is 1. The number of guanidine groups is 1. The number of alkyl halides is 3. The van der Waals surface area contributed by atoms with E-state index in [9.17, 15) is 17.6 Å². The molecule has 174 valence electrons. The average molecular weight is 464 g/mol. The van der Waals surface area contributed by atoms with Crippen LogP contribution in [0.25, 0.3) is 11.4 Å². The molecule has 0 unspecified atom stereocenters. The van der Waals surface area contributed by atoms with Crippen LogP contribution in [0.5, 0.6) is 5.75 Å². The summed E-state index contributed by atoms with van der Waals surface area (Å²) in [4.78, 5) is 10.5. The minimum absolute atomic E-state index is 0.0154. The SMILES string of the molecule is N=C(N)N1CCC[C@@H](c2nc(-c3ccc(Cc4ccc(OC(F)(F)F)c(F)c4)nc3)no2)C1. The standard InChI is InChI=1S/C21H20F4N6O2/c22-16-9-12(3-6-17(16)32-21(23,24)25)8-15-5-4-13(10-28-15)18-29-19(33-30-18)14-2-1-7-31(11-14)20(26)27/h3-6,9-10,14H,1-2,7-8,11H2,(H3,26,27)/t14-/m1/s1. The average Bonchev–Trinajstić information content (AvgIpc) is 3.26. The van der Waals surface area contributed by atoms with Gasteiger partial charge in [-0.25, -0.2) is 4.39 Å². The molecule has 0 radical (unpaired) electrons. The van der Waals surface area contributed by atoms with E-state index in [1.165, 1.54) is 6.07 Å². The van der Waals surface area contributed by atoms with Crippen molar-refractivity contribution in [2.75, 3.05) is 13.1 Å². The summed E-state index contributed by atoms with van der Waals surface area (Å²) >= 11 is 0.